The second kappa shape index (κ2) is 5.44. The summed E-state index contributed by atoms with van der Waals surface area (Å²) in [5.41, 5.74) is 1.01. The van der Waals surface area contributed by atoms with E-state index in [1.54, 1.807) is 24.6 Å². The van der Waals surface area contributed by atoms with Crippen molar-refractivity contribution < 1.29 is 4.74 Å². The summed E-state index contributed by atoms with van der Waals surface area (Å²) in [6.07, 6.45) is 2.52. The van der Waals surface area contributed by atoms with E-state index in [0.717, 1.165) is 6.42 Å². The highest BCUT2D eigenvalue weighted by Gasteiger charge is 2.34. The molecule has 0 radical (unpaired) electrons. The third kappa shape index (κ3) is 2.59. The minimum absolute atomic E-state index is 0.150. The number of hydrogen-bond donors (Lipinski definition) is 1. The molecule has 0 aromatic carbocycles. The number of nitrogens with one attached hydrogen (secondary N) is 1. The van der Waals surface area contributed by atoms with Crippen LogP contribution in [0.2, 0.25) is 5.02 Å². The molecule has 3 heterocycles. The maximum atomic E-state index is 11.8. The highest BCUT2D eigenvalue weighted by Crippen LogP contribution is 2.36. The molecule has 0 fully saturated rings. The first-order valence-electron chi connectivity index (χ1n) is 6.68. The number of aromatic nitrogens is 2. The molecule has 1 N–H and O–H groups in total. The van der Waals surface area contributed by atoms with Crippen molar-refractivity contribution in [2.24, 2.45) is 7.05 Å². The molecular weight excluding hydrogens is 310 g/mol. The second-order valence-corrected chi connectivity index (χ2v) is 6.62. The fraction of sp³-hybridized carbons (Fsp3) is 0.429. The molecule has 2 aromatic rings. The molecular formula is C14H16ClN3O2S. The van der Waals surface area contributed by atoms with Crippen LogP contribution >= 0.6 is 22.9 Å². The number of thiophene rings is 1. The van der Waals surface area contributed by atoms with E-state index in [4.69, 9.17) is 16.3 Å². The SMILES string of the molecule is Cn1ncc(NCC2(C)OCCc3sccc32)c(Cl)c1=O. The first-order chi connectivity index (χ1) is 10.0. The van der Waals surface area contributed by atoms with Crippen molar-refractivity contribution in [3.8, 4) is 0 Å². The molecule has 5 nitrogen and oxygen atoms in total. The molecule has 1 atom stereocenters. The Hall–Kier alpha value is -1.37. The van der Waals surface area contributed by atoms with E-state index >= 15 is 0 Å². The summed E-state index contributed by atoms with van der Waals surface area (Å²) in [5, 5.41) is 9.41. The fourth-order valence-corrected chi connectivity index (χ4v) is 3.71. The van der Waals surface area contributed by atoms with Crippen LogP contribution in [0.1, 0.15) is 17.4 Å². The molecule has 3 rings (SSSR count). The van der Waals surface area contributed by atoms with Crippen LogP contribution < -0.4 is 10.9 Å². The summed E-state index contributed by atoms with van der Waals surface area (Å²) in [6.45, 7) is 3.28. The first-order valence-corrected chi connectivity index (χ1v) is 7.93. The molecule has 0 aliphatic carbocycles. The average molecular weight is 326 g/mol. The summed E-state index contributed by atoms with van der Waals surface area (Å²) in [7, 11) is 1.57. The molecule has 21 heavy (non-hydrogen) atoms. The van der Waals surface area contributed by atoms with Gasteiger partial charge in [0.1, 0.15) is 10.6 Å². The Morgan fingerprint density at radius 1 is 1.62 bits per heavy atom. The van der Waals surface area contributed by atoms with Gasteiger partial charge in [0.05, 0.1) is 18.5 Å². The summed E-state index contributed by atoms with van der Waals surface area (Å²) in [6, 6.07) is 2.10. The van der Waals surface area contributed by atoms with Crippen molar-refractivity contribution in [2.45, 2.75) is 18.9 Å². The zero-order chi connectivity index (χ0) is 15.0. The lowest BCUT2D eigenvalue weighted by Crippen LogP contribution is -2.38. The van der Waals surface area contributed by atoms with Gasteiger partial charge in [-0.1, -0.05) is 11.6 Å². The topological polar surface area (TPSA) is 56.1 Å². The van der Waals surface area contributed by atoms with E-state index in [9.17, 15) is 4.79 Å². The summed E-state index contributed by atoms with van der Waals surface area (Å²) in [5.74, 6) is 0. The molecule has 7 heteroatoms. The van der Waals surface area contributed by atoms with Gasteiger partial charge < -0.3 is 10.1 Å². The van der Waals surface area contributed by atoms with E-state index < -0.39 is 5.60 Å². The van der Waals surface area contributed by atoms with Crippen LogP contribution in [0.5, 0.6) is 0 Å². The van der Waals surface area contributed by atoms with E-state index in [2.05, 4.69) is 21.9 Å². The minimum Gasteiger partial charge on any atom is -0.379 e. The largest absolute Gasteiger partial charge is 0.379 e. The van der Waals surface area contributed by atoms with Crippen molar-refractivity contribution in [1.82, 2.24) is 9.78 Å². The number of hydrogen-bond acceptors (Lipinski definition) is 5. The van der Waals surface area contributed by atoms with Crippen molar-refractivity contribution >= 4 is 28.6 Å². The van der Waals surface area contributed by atoms with Crippen LogP contribution in [0.3, 0.4) is 0 Å². The number of ether oxygens (including phenoxy) is 1. The van der Waals surface area contributed by atoms with Gasteiger partial charge in [0, 0.05) is 24.9 Å². The van der Waals surface area contributed by atoms with Crippen LogP contribution in [0.25, 0.3) is 0 Å². The van der Waals surface area contributed by atoms with Crippen molar-refractivity contribution in [3.05, 3.63) is 43.5 Å². The molecule has 0 spiro atoms. The molecule has 112 valence electrons. The van der Waals surface area contributed by atoms with Gasteiger partial charge in [-0.15, -0.1) is 11.3 Å². The number of fused-ring (bicyclic) bond motifs is 1. The lowest BCUT2D eigenvalue weighted by molar-refractivity contribution is -0.0347. The van der Waals surface area contributed by atoms with Crippen molar-refractivity contribution in [1.29, 1.82) is 0 Å². The van der Waals surface area contributed by atoms with Gasteiger partial charge in [-0.3, -0.25) is 4.79 Å². The van der Waals surface area contributed by atoms with Crippen LogP contribution in [0, 0.1) is 0 Å². The Morgan fingerprint density at radius 2 is 2.43 bits per heavy atom. The van der Waals surface area contributed by atoms with E-state index in [-0.39, 0.29) is 10.6 Å². The standard InChI is InChI=1S/C14H16ClN3O2S/c1-14(9-4-6-21-11(9)3-5-20-14)8-16-10-7-17-18(2)13(19)12(10)15/h4,6-7,16H,3,5,8H2,1-2H3. The number of halogens is 1. The highest BCUT2D eigenvalue weighted by atomic mass is 35.5. The van der Waals surface area contributed by atoms with Gasteiger partial charge in [0.15, 0.2) is 0 Å². The Balaban J connectivity index is 1.83. The molecule has 2 aromatic heterocycles. The van der Waals surface area contributed by atoms with Crippen molar-refractivity contribution in [2.75, 3.05) is 18.5 Å². The van der Waals surface area contributed by atoms with Gasteiger partial charge in [-0.25, -0.2) is 4.68 Å². The Kier molecular flexibility index (Phi) is 3.77. The Labute approximate surface area is 131 Å². The van der Waals surface area contributed by atoms with Crippen LogP contribution in [-0.4, -0.2) is 22.9 Å². The second-order valence-electron chi connectivity index (χ2n) is 5.24. The van der Waals surface area contributed by atoms with Crippen molar-refractivity contribution in [3.63, 3.8) is 0 Å². The maximum absolute atomic E-state index is 11.8. The lowest BCUT2D eigenvalue weighted by Gasteiger charge is -2.34. The zero-order valence-electron chi connectivity index (χ0n) is 11.9. The van der Waals surface area contributed by atoms with Gasteiger partial charge in [-0.2, -0.15) is 5.10 Å². The van der Waals surface area contributed by atoms with Gasteiger partial charge in [0.2, 0.25) is 0 Å². The predicted molar refractivity (Wildman–Crippen MR) is 84.3 cm³/mol. The average Bonchev–Trinajstić information content (AvgIpc) is 2.94. The van der Waals surface area contributed by atoms with E-state index in [1.165, 1.54) is 15.1 Å². The third-order valence-electron chi connectivity index (χ3n) is 3.76. The number of nitrogens with zero attached hydrogens (tertiary/aromatic N) is 2. The molecule has 0 saturated carbocycles. The van der Waals surface area contributed by atoms with Crippen LogP contribution in [-0.2, 0) is 23.8 Å². The summed E-state index contributed by atoms with van der Waals surface area (Å²) in [4.78, 5) is 13.1. The number of rotatable bonds is 3. The van der Waals surface area contributed by atoms with Gasteiger partial charge in [0.25, 0.3) is 5.56 Å². The van der Waals surface area contributed by atoms with E-state index in [1.807, 2.05) is 6.92 Å². The normalized spacial score (nSPS) is 21.1. The molecule has 1 aliphatic rings. The maximum Gasteiger partial charge on any atom is 0.287 e. The molecule has 0 bridgehead atoms. The zero-order valence-corrected chi connectivity index (χ0v) is 13.4. The Bertz CT molecular complexity index is 727. The van der Waals surface area contributed by atoms with Gasteiger partial charge >= 0.3 is 0 Å². The van der Waals surface area contributed by atoms with Crippen LogP contribution in [0.15, 0.2) is 22.4 Å². The molecule has 1 unspecified atom stereocenters. The highest BCUT2D eigenvalue weighted by molar-refractivity contribution is 7.10. The molecule has 0 saturated heterocycles. The third-order valence-corrected chi connectivity index (χ3v) is 5.11. The summed E-state index contributed by atoms with van der Waals surface area (Å²) >= 11 is 7.82. The van der Waals surface area contributed by atoms with Gasteiger partial charge in [-0.05, 0) is 23.9 Å². The van der Waals surface area contributed by atoms with E-state index in [0.29, 0.717) is 18.8 Å². The predicted octanol–water partition coefficient (Wildman–Crippen LogP) is 2.40. The monoisotopic (exact) mass is 325 g/mol. The summed E-state index contributed by atoms with van der Waals surface area (Å²) < 4.78 is 7.17. The lowest BCUT2D eigenvalue weighted by atomic mass is 9.93. The fourth-order valence-electron chi connectivity index (χ4n) is 2.50. The first kappa shape index (κ1) is 14.6. The number of aryl methyl sites for hydroxylation is 1. The molecule has 0 amide bonds. The quantitative estimate of drug-likeness (QED) is 0.941. The number of anilines is 1. The van der Waals surface area contributed by atoms with Crippen LogP contribution in [0.4, 0.5) is 5.69 Å². The Morgan fingerprint density at radius 3 is 3.24 bits per heavy atom. The molecule has 1 aliphatic heterocycles. The minimum atomic E-state index is -0.419. The smallest absolute Gasteiger partial charge is 0.287 e.